The highest BCUT2D eigenvalue weighted by Crippen LogP contribution is 2.48. The van der Waals surface area contributed by atoms with Gasteiger partial charge in [-0.3, -0.25) is 4.79 Å². The minimum atomic E-state index is -0.0841. The molecule has 1 amide bonds. The first-order chi connectivity index (χ1) is 17.5. The summed E-state index contributed by atoms with van der Waals surface area (Å²) in [5.41, 5.74) is 4.63. The van der Waals surface area contributed by atoms with E-state index < -0.39 is 0 Å². The van der Waals surface area contributed by atoms with E-state index in [1.54, 1.807) is 11.8 Å². The van der Waals surface area contributed by atoms with Gasteiger partial charge in [0.25, 0.3) is 5.91 Å². The van der Waals surface area contributed by atoms with Gasteiger partial charge in [-0.1, -0.05) is 26.0 Å². The number of methoxy groups -OCH3 is 1. The zero-order valence-electron chi connectivity index (χ0n) is 21.1. The summed E-state index contributed by atoms with van der Waals surface area (Å²) in [6, 6.07) is 16.5. The number of carbonyl (C=O) groups excluding carboxylic acids is 1. The van der Waals surface area contributed by atoms with Gasteiger partial charge in [-0.05, 0) is 61.2 Å². The van der Waals surface area contributed by atoms with Crippen LogP contribution in [0, 0.1) is 0 Å². The van der Waals surface area contributed by atoms with Crippen molar-refractivity contribution in [1.29, 1.82) is 0 Å². The van der Waals surface area contributed by atoms with Crippen LogP contribution in [0.5, 0.6) is 5.75 Å². The van der Waals surface area contributed by atoms with Gasteiger partial charge >= 0.3 is 0 Å². The molecule has 0 radical (unpaired) electrons. The minimum absolute atomic E-state index is 0.0841. The van der Waals surface area contributed by atoms with Gasteiger partial charge in [0.15, 0.2) is 5.03 Å². The lowest BCUT2D eigenvalue weighted by atomic mass is 9.95. The standard InChI is InChI=1S/C27H32N4O4S/c1-18(2)28-17-27(14-15-27)19-5-7-20(8-6-19)30-16-13-23-24(26(30)32)31(29-25(23)36-35-34-4)21-9-11-22(33-3)12-10-21/h5-12,18,28H,13-17H2,1-4H3. The Morgan fingerprint density at radius 1 is 1.06 bits per heavy atom. The molecule has 1 aromatic heterocycles. The van der Waals surface area contributed by atoms with E-state index in [4.69, 9.17) is 19.1 Å². The first-order valence-electron chi connectivity index (χ1n) is 12.3. The summed E-state index contributed by atoms with van der Waals surface area (Å²) in [4.78, 5) is 20.5. The zero-order valence-corrected chi connectivity index (χ0v) is 21.9. The van der Waals surface area contributed by atoms with Crippen molar-refractivity contribution in [1.82, 2.24) is 15.1 Å². The predicted molar refractivity (Wildman–Crippen MR) is 140 cm³/mol. The summed E-state index contributed by atoms with van der Waals surface area (Å²) in [6.45, 7) is 5.91. The Bertz CT molecular complexity index is 1220. The number of carbonyl (C=O) groups is 1. The normalized spacial score (nSPS) is 16.4. The van der Waals surface area contributed by atoms with E-state index in [2.05, 4.69) is 43.4 Å². The number of benzene rings is 2. The number of hydrogen-bond acceptors (Lipinski definition) is 7. The molecule has 2 aromatic carbocycles. The van der Waals surface area contributed by atoms with E-state index in [-0.39, 0.29) is 11.3 Å². The molecule has 1 fully saturated rings. The van der Waals surface area contributed by atoms with E-state index in [9.17, 15) is 4.79 Å². The van der Waals surface area contributed by atoms with Crippen molar-refractivity contribution in [3.05, 3.63) is 65.4 Å². The molecule has 1 saturated carbocycles. The average molecular weight is 509 g/mol. The van der Waals surface area contributed by atoms with Crippen LogP contribution in [-0.4, -0.2) is 49.0 Å². The molecule has 2 aliphatic rings. The van der Waals surface area contributed by atoms with E-state index in [1.807, 2.05) is 29.2 Å². The predicted octanol–water partition coefficient (Wildman–Crippen LogP) is 4.70. The monoisotopic (exact) mass is 508 g/mol. The van der Waals surface area contributed by atoms with Gasteiger partial charge in [0, 0.05) is 35.8 Å². The van der Waals surface area contributed by atoms with E-state index in [0.29, 0.717) is 29.7 Å². The maximum absolute atomic E-state index is 13.8. The van der Waals surface area contributed by atoms with Gasteiger partial charge in [0.05, 0.1) is 31.9 Å². The molecule has 1 aliphatic carbocycles. The number of fused-ring (bicyclic) bond motifs is 1. The fourth-order valence-electron chi connectivity index (χ4n) is 4.73. The number of nitrogens with zero attached hydrogens (tertiary/aromatic N) is 3. The Morgan fingerprint density at radius 3 is 2.36 bits per heavy atom. The van der Waals surface area contributed by atoms with Crippen molar-refractivity contribution in [3.63, 3.8) is 0 Å². The fraction of sp³-hybridized carbons (Fsp3) is 0.407. The molecule has 3 aromatic rings. The van der Waals surface area contributed by atoms with Crippen LogP contribution < -0.4 is 15.0 Å². The second-order valence-electron chi connectivity index (χ2n) is 9.63. The topological polar surface area (TPSA) is 77.9 Å². The highest BCUT2D eigenvalue weighted by molar-refractivity contribution is 7.94. The second kappa shape index (κ2) is 10.3. The van der Waals surface area contributed by atoms with Crippen LogP contribution in [0.1, 0.15) is 48.3 Å². The third kappa shape index (κ3) is 4.76. The lowest BCUT2D eigenvalue weighted by Gasteiger charge is -2.28. The van der Waals surface area contributed by atoms with Crippen molar-refractivity contribution < 1.29 is 18.8 Å². The van der Waals surface area contributed by atoms with Crippen LogP contribution in [0.2, 0.25) is 0 Å². The number of nitrogens with one attached hydrogen (secondary N) is 1. The summed E-state index contributed by atoms with van der Waals surface area (Å²) in [5.74, 6) is 0.654. The van der Waals surface area contributed by atoms with Crippen molar-refractivity contribution in [3.8, 4) is 11.4 Å². The third-order valence-electron chi connectivity index (χ3n) is 6.97. The first-order valence-corrected chi connectivity index (χ1v) is 13.0. The van der Waals surface area contributed by atoms with Crippen molar-refractivity contribution >= 4 is 23.6 Å². The minimum Gasteiger partial charge on any atom is -0.497 e. The van der Waals surface area contributed by atoms with Gasteiger partial charge in [-0.15, -0.1) is 0 Å². The Balaban J connectivity index is 1.44. The van der Waals surface area contributed by atoms with Gasteiger partial charge < -0.3 is 15.0 Å². The second-order valence-corrected chi connectivity index (χ2v) is 10.3. The number of amides is 1. The molecule has 2 heterocycles. The molecule has 0 atom stereocenters. The Hall–Kier alpha value is -2.85. The summed E-state index contributed by atoms with van der Waals surface area (Å²) in [5, 5.41) is 8.91. The van der Waals surface area contributed by atoms with Crippen LogP contribution in [-0.2, 0) is 21.1 Å². The highest BCUT2D eigenvalue weighted by atomic mass is 32.2. The molecule has 36 heavy (non-hydrogen) atoms. The SMILES string of the molecule is COOSc1nn(-c2ccc(OC)cc2)c2c1CCN(c1ccc(C3(CNC(C)C)CC3)cc1)C2=O. The van der Waals surface area contributed by atoms with Gasteiger partial charge in [0.2, 0.25) is 0 Å². The summed E-state index contributed by atoms with van der Waals surface area (Å²) in [6.07, 6.45) is 3.06. The number of anilines is 1. The van der Waals surface area contributed by atoms with E-state index >= 15 is 0 Å². The average Bonchev–Trinajstić information content (AvgIpc) is 3.61. The maximum Gasteiger partial charge on any atom is 0.277 e. The van der Waals surface area contributed by atoms with Crippen molar-refractivity contribution in [2.24, 2.45) is 0 Å². The van der Waals surface area contributed by atoms with Crippen LogP contribution in [0.4, 0.5) is 5.69 Å². The molecule has 8 nitrogen and oxygen atoms in total. The highest BCUT2D eigenvalue weighted by Gasteiger charge is 2.44. The summed E-state index contributed by atoms with van der Waals surface area (Å²) in [7, 11) is 3.07. The van der Waals surface area contributed by atoms with E-state index in [0.717, 1.165) is 41.3 Å². The van der Waals surface area contributed by atoms with Crippen molar-refractivity contribution in [2.75, 3.05) is 32.2 Å². The Morgan fingerprint density at radius 2 is 1.75 bits per heavy atom. The molecule has 5 rings (SSSR count). The zero-order chi connectivity index (χ0) is 25.3. The van der Waals surface area contributed by atoms with E-state index in [1.165, 1.54) is 25.5 Å². The molecule has 9 heteroatoms. The molecule has 1 aliphatic heterocycles. The lowest BCUT2D eigenvalue weighted by molar-refractivity contribution is -0.160. The van der Waals surface area contributed by atoms with Crippen LogP contribution in [0.3, 0.4) is 0 Å². The van der Waals surface area contributed by atoms with Gasteiger partial charge in [-0.25, -0.2) is 9.57 Å². The van der Waals surface area contributed by atoms with Crippen LogP contribution in [0.15, 0.2) is 53.6 Å². The first kappa shape index (κ1) is 24.8. The smallest absolute Gasteiger partial charge is 0.277 e. The summed E-state index contributed by atoms with van der Waals surface area (Å²) >= 11 is 1.02. The molecular weight excluding hydrogens is 476 g/mol. The molecule has 190 valence electrons. The maximum atomic E-state index is 13.8. The van der Waals surface area contributed by atoms with Gasteiger partial charge in [0.1, 0.15) is 11.4 Å². The third-order valence-corrected chi connectivity index (χ3v) is 7.66. The molecule has 0 spiro atoms. The molecular formula is C27H32N4O4S. The van der Waals surface area contributed by atoms with Crippen molar-refractivity contribution in [2.45, 2.75) is 49.6 Å². The van der Waals surface area contributed by atoms with Crippen LogP contribution >= 0.6 is 12.0 Å². The fourth-order valence-corrected chi connectivity index (χ4v) is 5.28. The quantitative estimate of drug-likeness (QED) is 0.242. The van der Waals surface area contributed by atoms with Crippen LogP contribution in [0.25, 0.3) is 5.69 Å². The molecule has 0 bridgehead atoms. The number of rotatable bonds is 10. The number of ether oxygens (including phenoxy) is 1. The lowest BCUT2D eigenvalue weighted by Crippen LogP contribution is -2.38. The number of aromatic nitrogens is 2. The number of hydrogen-bond donors (Lipinski definition) is 1. The Labute approximate surface area is 216 Å². The molecule has 0 unspecified atom stereocenters. The molecule has 1 N–H and O–H groups in total. The largest absolute Gasteiger partial charge is 0.497 e. The summed E-state index contributed by atoms with van der Waals surface area (Å²) < 4.78 is 12.1. The Kier molecular flexibility index (Phi) is 7.07. The van der Waals surface area contributed by atoms with Gasteiger partial charge in [-0.2, -0.15) is 9.43 Å². The molecule has 0 saturated heterocycles.